The molecule has 0 spiro atoms. The molecule has 1 fully saturated rings. The van der Waals surface area contributed by atoms with Crippen LogP contribution in [0.25, 0.3) is 6.08 Å². The molecule has 0 saturated carbocycles. The minimum absolute atomic E-state index is 0.0842. The molecule has 25 heavy (non-hydrogen) atoms. The Morgan fingerprint density at radius 1 is 0.960 bits per heavy atom. The minimum atomic E-state index is 0.0842. The molecule has 0 aliphatic carbocycles. The summed E-state index contributed by atoms with van der Waals surface area (Å²) in [6.07, 6.45) is 4.57. The van der Waals surface area contributed by atoms with Gasteiger partial charge in [0.05, 0.1) is 6.42 Å². The Labute approximate surface area is 149 Å². The van der Waals surface area contributed by atoms with Crippen LogP contribution < -0.4 is 0 Å². The van der Waals surface area contributed by atoms with Crippen molar-refractivity contribution >= 4 is 12.0 Å². The number of hydrogen-bond acceptors (Lipinski definition) is 3. The number of aromatic hydroxyl groups is 1. The number of hydrogen-bond donors (Lipinski definition) is 1. The average Bonchev–Trinajstić information content (AvgIpc) is 2.65. The molecule has 2 aromatic carbocycles. The number of benzene rings is 2. The van der Waals surface area contributed by atoms with Crippen LogP contribution in [0, 0.1) is 0 Å². The topological polar surface area (TPSA) is 43.8 Å². The fourth-order valence-corrected chi connectivity index (χ4v) is 3.02. The summed E-state index contributed by atoms with van der Waals surface area (Å²) in [7, 11) is 0. The first-order chi connectivity index (χ1) is 12.2. The number of piperazine rings is 1. The summed E-state index contributed by atoms with van der Waals surface area (Å²) in [6, 6.07) is 17.3. The van der Waals surface area contributed by atoms with Crippen molar-refractivity contribution in [2.45, 2.75) is 6.42 Å². The number of phenols is 1. The van der Waals surface area contributed by atoms with E-state index >= 15 is 0 Å². The Bertz CT molecular complexity index is 720. The number of nitrogens with zero attached hydrogens (tertiary/aromatic N) is 2. The first-order valence-electron chi connectivity index (χ1n) is 8.71. The van der Waals surface area contributed by atoms with E-state index in [4.69, 9.17) is 0 Å². The van der Waals surface area contributed by atoms with Crippen molar-refractivity contribution in [3.63, 3.8) is 0 Å². The Morgan fingerprint density at radius 3 is 2.36 bits per heavy atom. The standard InChI is InChI=1S/C21H24N2O2/c24-20-11-5-4-10-19(20)17-21(25)23-15-13-22(14-16-23)12-6-9-18-7-2-1-3-8-18/h1-11,24H,12-17H2/b9-6-. The van der Waals surface area contributed by atoms with Crippen LogP contribution in [-0.2, 0) is 11.2 Å². The molecule has 1 aliphatic rings. The van der Waals surface area contributed by atoms with Gasteiger partial charge in [0.1, 0.15) is 5.75 Å². The third-order valence-electron chi connectivity index (χ3n) is 4.53. The molecule has 0 atom stereocenters. The maximum atomic E-state index is 12.4. The average molecular weight is 336 g/mol. The Morgan fingerprint density at radius 2 is 1.64 bits per heavy atom. The molecule has 0 unspecified atom stereocenters. The summed E-state index contributed by atoms with van der Waals surface area (Å²) < 4.78 is 0. The molecule has 3 rings (SSSR count). The number of rotatable bonds is 5. The molecular weight excluding hydrogens is 312 g/mol. The zero-order chi connectivity index (χ0) is 17.5. The van der Waals surface area contributed by atoms with Crippen LogP contribution in [-0.4, -0.2) is 53.5 Å². The molecule has 0 radical (unpaired) electrons. The summed E-state index contributed by atoms with van der Waals surface area (Å²) in [6.45, 7) is 4.14. The van der Waals surface area contributed by atoms with Crippen molar-refractivity contribution in [2.75, 3.05) is 32.7 Å². The van der Waals surface area contributed by atoms with Crippen LogP contribution in [0.5, 0.6) is 5.75 Å². The molecule has 1 heterocycles. The van der Waals surface area contributed by atoms with Crippen LogP contribution in [0.3, 0.4) is 0 Å². The largest absolute Gasteiger partial charge is 0.508 e. The smallest absolute Gasteiger partial charge is 0.227 e. The molecule has 1 saturated heterocycles. The number of phenolic OH excluding ortho intramolecular Hbond substituents is 1. The second-order valence-corrected chi connectivity index (χ2v) is 6.30. The minimum Gasteiger partial charge on any atom is -0.508 e. The van der Waals surface area contributed by atoms with E-state index in [1.54, 1.807) is 18.2 Å². The first kappa shape index (κ1) is 17.2. The Balaban J connectivity index is 1.44. The lowest BCUT2D eigenvalue weighted by atomic mass is 10.1. The van der Waals surface area contributed by atoms with Gasteiger partial charge in [0.2, 0.25) is 5.91 Å². The molecular formula is C21H24N2O2. The SMILES string of the molecule is O=C(Cc1ccccc1O)N1CCN(C/C=C\c2ccccc2)CC1. The van der Waals surface area contributed by atoms with Crippen LogP contribution in [0.15, 0.2) is 60.7 Å². The van der Waals surface area contributed by atoms with Gasteiger partial charge in [-0.2, -0.15) is 0 Å². The van der Waals surface area contributed by atoms with Gasteiger partial charge < -0.3 is 10.0 Å². The molecule has 0 bridgehead atoms. The quantitative estimate of drug-likeness (QED) is 0.913. The van der Waals surface area contributed by atoms with Gasteiger partial charge in [0.15, 0.2) is 0 Å². The third-order valence-corrected chi connectivity index (χ3v) is 4.53. The van der Waals surface area contributed by atoms with E-state index in [9.17, 15) is 9.90 Å². The normalized spacial score (nSPS) is 15.6. The van der Waals surface area contributed by atoms with E-state index in [1.807, 2.05) is 29.2 Å². The van der Waals surface area contributed by atoms with Crippen LogP contribution in [0.1, 0.15) is 11.1 Å². The third kappa shape index (κ3) is 4.94. The number of para-hydroxylation sites is 1. The fourth-order valence-electron chi connectivity index (χ4n) is 3.02. The highest BCUT2D eigenvalue weighted by atomic mass is 16.3. The second kappa shape index (κ2) is 8.49. The zero-order valence-electron chi connectivity index (χ0n) is 14.3. The Hall–Kier alpha value is -2.59. The van der Waals surface area contributed by atoms with Gasteiger partial charge in [-0.15, -0.1) is 0 Å². The van der Waals surface area contributed by atoms with Crippen molar-refractivity contribution in [1.29, 1.82) is 0 Å². The molecule has 1 N–H and O–H groups in total. The van der Waals surface area contributed by atoms with Gasteiger partial charge in [-0.1, -0.05) is 60.7 Å². The van der Waals surface area contributed by atoms with Crippen LogP contribution in [0.2, 0.25) is 0 Å². The highest BCUT2D eigenvalue weighted by molar-refractivity contribution is 5.79. The zero-order valence-corrected chi connectivity index (χ0v) is 14.3. The molecule has 130 valence electrons. The van der Waals surface area contributed by atoms with Gasteiger partial charge in [-0.05, 0) is 11.6 Å². The van der Waals surface area contributed by atoms with E-state index in [0.717, 1.165) is 32.7 Å². The van der Waals surface area contributed by atoms with Gasteiger partial charge in [0, 0.05) is 38.3 Å². The monoisotopic (exact) mass is 336 g/mol. The summed E-state index contributed by atoms with van der Waals surface area (Å²) in [4.78, 5) is 16.7. The maximum Gasteiger partial charge on any atom is 0.227 e. The summed E-state index contributed by atoms with van der Waals surface area (Å²) in [5.74, 6) is 0.279. The van der Waals surface area contributed by atoms with Gasteiger partial charge in [0.25, 0.3) is 0 Å². The van der Waals surface area contributed by atoms with E-state index in [2.05, 4.69) is 29.2 Å². The summed E-state index contributed by atoms with van der Waals surface area (Å²) >= 11 is 0. The Kier molecular flexibility index (Phi) is 5.86. The highest BCUT2D eigenvalue weighted by Gasteiger charge is 2.21. The molecule has 4 heteroatoms. The molecule has 1 aliphatic heterocycles. The van der Waals surface area contributed by atoms with Crippen LogP contribution in [0.4, 0.5) is 0 Å². The number of carbonyl (C=O) groups is 1. The molecule has 4 nitrogen and oxygen atoms in total. The van der Waals surface area contributed by atoms with Crippen molar-refractivity contribution in [1.82, 2.24) is 9.80 Å². The summed E-state index contributed by atoms with van der Waals surface area (Å²) in [5.41, 5.74) is 1.90. The van der Waals surface area contributed by atoms with Gasteiger partial charge >= 0.3 is 0 Å². The van der Waals surface area contributed by atoms with E-state index in [-0.39, 0.29) is 18.1 Å². The second-order valence-electron chi connectivity index (χ2n) is 6.30. The molecule has 2 aromatic rings. The fraction of sp³-hybridized carbons (Fsp3) is 0.286. The molecule has 1 amide bonds. The van der Waals surface area contributed by atoms with Gasteiger partial charge in [-0.3, -0.25) is 9.69 Å². The lowest BCUT2D eigenvalue weighted by Crippen LogP contribution is -2.49. The number of amides is 1. The van der Waals surface area contributed by atoms with Crippen molar-refractivity contribution in [3.05, 3.63) is 71.8 Å². The van der Waals surface area contributed by atoms with Crippen LogP contribution >= 0.6 is 0 Å². The predicted molar refractivity (Wildman–Crippen MR) is 100 cm³/mol. The van der Waals surface area contributed by atoms with E-state index in [1.165, 1.54) is 5.56 Å². The lowest BCUT2D eigenvalue weighted by molar-refractivity contribution is -0.132. The lowest BCUT2D eigenvalue weighted by Gasteiger charge is -2.34. The summed E-state index contributed by atoms with van der Waals surface area (Å²) in [5, 5.41) is 9.80. The van der Waals surface area contributed by atoms with Gasteiger partial charge in [-0.25, -0.2) is 0 Å². The maximum absolute atomic E-state index is 12.4. The van der Waals surface area contributed by atoms with Crippen molar-refractivity contribution < 1.29 is 9.90 Å². The van der Waals surface area contributed by atoms with Crippen molar-refractivity contribution in [3.8, 4) is 5.75 Å². The predicted octanol–water partition coefficient (Wildman–Crippen LogP) is 2.79. The van der Waals surface area contributed by atoms with E-state index < -0.39 is 0 Å². The van der Waals surface area contributed by atoms with Crippen molar-refractivity contribution in [2.24, 2.45) is 0 Å². The number of carbonyl (C=O) groups excluding carboxylic acids is 1. The van der Waals surface area contributed by atoms with E-state index in [0.29, 0.717) is 5.56 Å². The first-order valence-corrected chi connectivity index (χ1v) is 8.71. The highest BCUT2D eigenvalue weighted by Crippen LogP contribution is 2.17. The molecule has 0 aromatic heterocycles.